The molecule has 2 amide bonds. The van der Waals surface area contributed by atoms with E-state index in [0.717, 1.165) is 17.8 Å². The van der Waals surface area contributed by atoms with Gasteiger partial charge in [0.05, 0.1) is 35.9 Å². The summed E-state index contributed by atoms with van der Waals surface area (Å²) in [7, 11) is 1.43. The van der Waals surface area contributed by atoms with Gasteiger partial charge in [0.1, 0.15) is 6.73 Å². The molecule has 39 heavy (non-hydrogen) atoms. The Balaban J connectivity index is 2.11. The second-order valence-electron chi connectivity index (χ2n) is 9.44. The maximum Gasteiger partial charge on any atom is 0.411 e. The highest BCUT2D eigenvalue weighted by atomic mass is 16.5. The average molecular weight is 537 g/mol. The van der Waals surface area contributed by atoms with E-state index in [2.05, 4.69) is 10.6 Å². The number of amides is 2. The fraction of sp³-hybridized carbons (Fsp3) is 0.379. The van der Waals surface area contributed by atoms with Crippen molar-refractivity contribution in [1.29, 1.82) is 0 Å². The molecule has 1 aliphatic rings. The summed E-state index contributed by atoms with van der Waals surface area (Å²) in [4.78, 5) is 45.6. The molecule has 0 heterocycles. The number of fused-ring (bicyclic) bond motifs is 1. The van der Waals surface area contributed by atoms with Crippen LogP contribution in [0.2, 0.25) is 0 Å². The third-order valence-electron chi connectivity index (χ3n) is 6.04. The number of hydrogen-bond acceptors (Lipinski definition) is 8. The van der Waals surface area contributed by atoms with Crippen molar-refractivity contribution < 1.29 is 29.0 Å². The Morgan fingerprint density at radius 1 is 1.18 bits per heavy atom. The van der Waals surface area contributed by atoms with Crippen LogP contribution in [0.4, 0.5) is 21.9 Å². The molecule has 3 N–H and O–H groups in total. The minimum Gasteiger partial charge on any atom is -0.449 e. The Morgan fingerprint density at radius 3 is 2.59 bits per heavy atom. The van der Waals surface area contributed by atoms with Crippen molar-refractivity contribution in [2.45, 2.75) is 27.7 Å². The predicted octanol–water partition coefficient (Wildman–Crippen LogP) is 3.98. The first-order valence-corrected chi connectivity index (χ1v) is 12.9. The van der Waals surface area contributed by atoms with Crippen LogP contribution in [0.15, 0.2) is 53.0 Å². The molecular weight excluding hydrogens is 500 g/mol. The van der Waals surface area contributed by atoms with Gasteiger partial charge in [0.2, 0.25) is 0 Å². The number of methoxy groups -OCH3 is 1. The van der Waals surface area contributed by atoms with Crippen LogP contribution in [-0.2, 0) is 14.3 Å². The molecule has 2 aromatic carbocycles. The van der Waals surface area contributed by atoms with E-state index in [0.29, 0.717) is 29.2 Å². The lowest BCUT2D eigenvalue weighted by molar-refractivity contribution is -0.118. The van der Waals surface area contributed by atoms with Gasteiger partial charge in [-0.3, -0.25) is 14.9 Å². The van der Waals surface area contributed by atoms with Gasteiger partial charge in [-0.05, 0) is 55.7 Å². The van der Waals surface area contributed by atoms with E-state index in [4.69, 9.17) is 14.5 Å². The van der Waals surface area contributed by atoms with Gasteiger partial charge in [-0.25, -0.2) is 9.79 Å². The molecule has 0 unspecified atom stereocenters. The maximum atomic E-state index is 13.4. The van der Waals surface area contributed by atoms with Crippen LogP contribution in [-0.4, -0.2) is 68.7 Å². The molecule has 0 radical (unpaired) electrons. The number of aliphatic hydroxyl groups is 1. The summed E-state index contributed by atoms with van der Waals surface area (Å²) in [6, 6.07) is 10.6. The van der Waals surface area contributed by atoms with Gasteiger partial charge in [-0.15, -0.1) is 0 Å². The van der Waals surface area contributed by atoms with E-state index >= 15 is 0 Å². The smallest absolute Gasteiger partial charge is 0.411 e. The normalized spacial score (nSPS) is 13.7. The quantitative estimate of drug-likeness (QED) is 0.293. The first-order chi connectivity index (χ1) is 18.7. The maximum absolute atomic E-state index is 13.4. The number of nitrogens with one attached hydrogen (secondary N) is 2. The van der Waals surface area contributed by atoms with Crippen LogP contribution < -0.4 is 15.5 Å². The molecule has 3 rings (SSSR count). The molecule has 10 nitrogen and oxygen atoms in total. The number of aliphatic imine (C=N–C) groups is 1. The van der Waals surface area contributed by atoms with Gasteiger partial charge >= 0.3 is 6.09 Å². The molecule has 208 valence electrons. The number of anilines is 2. The van der Waals surface area contributed by atoms with Crippen molar-refractivity contribution in [3.05, 3.63) is 64.7 Å². The lowest BCUT2D eigenvalue weighted by atomic mass is 9.87. The van der Waals surface area contributed by atoms with Gasteiger partial charge in [-0.1, -0.05) is 26.0 Å². The molecule has 0 aromatic heterocycles. The van der Waals surface area contributed by atoms with E-state index in [1.165, 1.54) is 13.2 Å². The number of carbonyl (C=O) groups is 3. The predicted molar refractivity (Wildman–Crippen MR) is 151 cm³/mol. The molecule has 0 fully saturated rings. The number of aliphatic hydroxyl groups excluding tert-OH is 1. The molecule has 0 bridgehead atoms. The number of hydrogen-bond donors (Lipinski definition) is 3. The fourth-order valence-corrected chi connectivity index (χ4v) is 4.10. The van der Waals surface area contributed by atoms with Crippen molar-refractivity contribution in [1.82, 2.24) is 5.32 Å². The summed E-state index contributed by atoms with van der Waals surface area (Å²) in [6.07, 6.45) is 0.776. The number of allylic oxidation sites excluding steroid dienone is 1. The third kappa shape index (κ3) is 7.30. The minimum absolute atomic E-state index is 0.0375. The Kier molecular flexibility index (Phi) is 10.4. The zero-order chi connectivity index (χ0) is 28.5. The van der Waals surface area contributed by atoms with Crippen molar-refractivity contribution in [3.8, 4) is 0 Å². The zero-order valence-electron chi connectivity index (χ0n) is 23.0. The first kappa shape index (κ1) is 29.5. The van der Waals surface area contributed by atoms with Crippen molar-refractivity contribution in [3.63, 3.8) is 0 Å². The highest BCUT2D eigenvalue weighted by molar-refractivity contribution is 6.37. The molecule has 0 atom stereocenters. The SMILES string of the molecule is CCN(CCO)c1ccc(N=C2C=C(C(=O)NCOC)C(=O)c3cccc(NC(=O)OCC(C)C)c32)c(C)c1. The summed E-state index contributed by atoms with van der Waals surface area (Å²) in [6.45, 7) is 9.23. The summed E-state index contributed by atoms with van der Waals surface area (Å²) in [5.41, 5.74) is 3.64. The average Bonchev–Trinajstić information content (AvgIpc) is 2.91. The zero-order valence-corrected chi connectivity index (χ0v) is 23.0. The Hall–Kier alpha value is -4.02. The molecular formula is C29H36N4O6. The second-order valence-corrected chi connectivity index (χ2v) is 9.44. The number of aryl methyl sites for hydroxylation is 1. The fourth-order valence-electron chi connectivity index (χ4n) is 4.10. The van der Waals surface area contributed by atoms with Gasteiger partial charge < -0.3 is 24.8 Å². The van der Waals surface area contributed by atoms with Crippen molar-refractivity contribution in [2.75, 3.05) is 50.4 Å². The summed E-state index contributed by atoms with van der Waals surface area (Å²) in [5.74, 6) is -0.932. The molecule has 0 spiro atoms. The van der Waals surface area contributed by atoms with Gasteiger partial charge in [0, 0.05) is 37.0 Å². The topological polar surface area (TPSA) is 130 Å². The van der Waals surface area contributed by atoms with Gasteiger partial charge in [0.25, 0.3) is 5.91 Å². The summed E-state index contributed by atoms with van der Waals surface area (Å²) in [5, 5.41) is 14.7. The number of ketones is 1. The van der Waals surface area contributed by atoms with Gasteiger partial charge in [0.15, 0.2) is 5.78 Å². The lowest BCUT2D eigenvalue weighted by Crippen LogP contribution is -2.33. The van der Waals surface area contributed by atoms with E-state index in [1.54, 1.807) is 18.2 Å². The van der Waals surface area contributed by atoms with Crippen LogP contribution in [0, 0.1) is 12.8 Å². The molecule has 0 saturated heterocycles. The van der Waals surface area contributed by atoms with Crippen LogP contribution in [0.3, 0.4) is 0 Å². The number of Topliss-reactive ketones (excluding diaryl/α,β-unsaturated/α-hetero) is 1. The monoisotopic (exact) mass is 536 g/mol. The second kappa shape index (κ2) is 13.7. The number of likely N-dealkylation sites (N-methyl/N-ethyl adjacent to an activating group) is 1. The Labute approximate surface area is 228 Å². The van der Waals surface area contributed by atoms with Crippen molar-refractivity contribution >= 4 is 40.6 Å². The Bertz CT molecular complexity index is 1280. The summed E-state index contributed by atoms with van der Waals surface area (Å²) >= 11 is 0. The number of benzene rings is 2. The minimum atomic E-state index is -0.652. The van der Waals surface area contributed by atoms with E-state index in [-0.39, 0.29) is 37.0 Å². The summed E-state index contributed by atoms with van der Waals surface area (Å²) < 4.78 is 10.2. The number of nitrogens with zero attached hydrogens (tertiary/aromatic N) is 2. The van der Waals surface area contributed by atoms with Crippen LogP contribution in [0.5, 0.6) is 0 Å². The molecule has 1 aliphatic carbocycles. The standard InChI is InChI=1S/C29H36N4O6/c1-6-33(12-13-34)20-10-11-23(19(4)14-20)31-25-15-22(28(36)30-17-38-5)27(35)21-8-7-9-24(26(21)25)32-29(37)39-16-18(2)3/h7-11,14-15,18,34H,6,12-13,16-17H2,1-5H3,(H,30,36)(H,32,37). The third-order valence-corrected chi connectivity index (χ3v) is 6.04. The molecule has 10 heteroatoms. The Morgan fingerprint density at radius 2 is 1.95 bits per heavy atom. The van der Waals surface area contributed by atoms with E-state index in [1.807, 2.05) is 50.8 Å². The molecule has 0 aliphatic heterocycles. The largest absolute Gasteiger partial charge is 0.449 e. The number of carbonyl (C=O) groups excluding carboxylic acids is 3. The van der Waals surface area contributed by atoms with Gasteiger partial charge in [-0.2, -0.15) is 0 Å². The highest BCUT2D eigenvalue weighted by Crippen LogP contribution is 2.32. The van der Waals surface area contributed by atoms with Crippen LogP contribution in [0.25, 0.3) is 0 Å². The number of ether oxygens (including phenoxy) is 2. The molecule has 2 aromatic rings. The first-order valence-electron chi connectivity index (χ1n) is 12.9. The lowest BCUT2D eigenvalue weighted by Gasteiger charge is -2.23. The molecule has 0 saturated carbocycles. The van der Waals surface area contributed by atoms with Crippen LogP contribution >= 0.6 is 0 Å². The van der Waals surface area contributed by atoms with Crippen molar-refractivity contribution in [2.24, 2.45) is 10.9 Å². The van der Waals surface area contributed by atoms with E-state index < -0.39 is 17.8 Å². The van der Waals surface area contributed by atoms with Crippen LogP contribution in [0.1, 0.15) is 42.3 Å². The number of rotatable bonds is 11. The highest BCUT2D eigenvalue weighted by Gasteiger charge is 2.31. The van der Waals surface area contributed by atoms with E-state index in [9.17, 15) is 19.5 Å².